The van der Waals surface area contributed by atoms with Gasteiger partial charge >= 0.3 is 0 Å². The molecule has 0 spiro atoms. The molecule has 2 N–H and O–H groups in total. The molecular formula is C19H22ClNO3. The van der Waals surface area contributed by atoms with Gasteiger partial charge in [-0.1, -0.05) is 41.9 Å². The highest BCUT2D eigenvalue weighted by molar-refractivity contribution is 6.32. The molecular weight excluding hydrogens is 326 g/mol. The van der Waals surface area contributed by atoms with E-state index in [0.717, 1.165) is 30.5 Å². The molecule has 0 saturated carbocycles. The fourth-order valence-electron chi connectivity index (χ4n) is 2.77. The Labute approximate surface area is 147 Å². The van der Waals surface area contributed by atoms with Crippen molar-refractivity contribution < 1.29 is 14.6 Å². The number of phenolic OH excluding ortho intramolecular Hbond substituents is 1. The molecule has 24 heavy (non-hydrogen) atoms. The van der Waals surface area contributed by atoms with Crippen molar-refractivity contribution >= 4 is 11.6 Å². The Morgan fingerprint density at radius 2 is 2.04 bits per heavy atom. The lowest BCUT2D eigenvalue weighted by atomic mass is 10.1. The lowest BCUT2D eigenvalue weighted by molar-refractivity contribution is 0.0300. The van der Waals surface area contributed by atoms with Crippen molar-refractivity contribution in [3.63, 3.8) is 0 Å². The fourth-order valence-corrected chi connectivity index (χ4v) is 2.97. The maximum Gasteiger partial charge on any atom is 0.164 e. The van der Waals surface area contributed by atoms with Crippen molar-refractivity contribution in [2.75, 3.05) is 6.54 Å². The number of hydrogen-bond donors (Lipinski definition) is 2. The normalized spacial score (nSPS) is 17.2. The Balaban J connectivity index is 1.74. The summed E-state index contributed by atoms with van der Waals surface area (Å²) in [5, 5.41) is 14.3. The molecule has 1 heterocycles. The van der Waals surface area contributed by atoms with Crippen molar-refractivity contribution in [1.29, 1.82) is 0 Å². The van der Waals surface area contributed by atoms with E-state index in [1.165, 1.54) is 0 Å². The number of hydrogen-bond acceptors (Lipinski definition) is 4. The summed E-state index contributed by atoms with van der Waals surface area (Å²) in [4.78, 5) is 0. The largest absolute Gasteiger partial charge is 0.504 e. The van der Waals surface area contributed by atoms with Crippen LogP contribution in [0.4, 0.5) is 0 Å². The molecule has 1 unspecified atom stereocenters. The Morgan fingerprint density at radius 1 is 1.25 bits per heavy atom. The second-order valence-electron chi connectivity index (χ2n) is 6.00. The van der Waals surface area contributed by atoms with E-state index in [1.807, 2.05) is 37.3 Å². The summed E-state index contributed by atoms with van der Waals surface area (Å²) in [7, 11) is 0. The predicted octanol–water partition coefficient (Wildman–Crippen LogP) is 4.16. The molecule has 4 nitrogen and oxygen atoms in total. The van der Waals surface area contributed by atoms with Crippen molar-refractivity contribution in [2.24, 2.45) is 0 Å². The van der Waals surface area contributed by atoms with Gasteiger partial charge in [0.2, 0.25) is 0 Å². The van der Waals surface area contributed by atoms with Gasteiger partial charge in [0.05, 0.1) is 11.6 Å². The van der Waals surface area contributed by atoms with Crippen LogP contribution in [0.15, 0.2) is 36.4 Å². The highest BCUT2D eigenvalue weighted by atomic mass is 35.5. The second-order valence-corrected chi connectivity index (χ2v) is 6.38. The van der Waals surface area contributed by atoms with E-state index < -0.39 is 0 Å². The van der Waals surface area contributed by atoms with Gasteiger partial charge in [0.1, 0.15) is 12.8 Å². The van der Waals surface area contributed by atoms with Crippen molar-refractivity contribution in [3.05, 3.63) is 58.1 Å². The Bertz CT molecular complexity index is 685. The lowest BCUT2D eigenvalue weighted by Gasteiger charge is -2.17. The van der Waals surface area contributed by atoms with E-state index in [9.17, 15) is 5.11 Å². The van der Waals surface area contributed by atoms with Crippen molar-refractivity contribution in [1.82, 2.24) is 5.32 Å². The fraction of sp³-hybridized carbons (Fsp3) is 0.368. The highest BCUT2D eigenvalue weighted by Gasteiger charge is 2.19. The zero-order chi connectivity index (χ0) is 16.9. The number of phenols is 1. The molecule has 3 rings (SSSR count). The van der Waals surface area contributed by atoms with Gasteiger partial charge in [0.25, 0.3) is 0 Å². The molecule has 0 aliphatic carbocycles. The molecule has 128 valence electrons. The van der Waals surface area contributed by atoms with Crippen LogP contribution in [0.25, 0.3) is 0 Å². The molecule has 1 fully saturated rings. The molecule has 0 aromatic heterocycles. The summed E-state index contributed by atoms with van der Waals surface area (Å²) in [5.74, 6) is 0.485. The van der Waals surface area contributed by atoms with E-state index in [0.29, 0.717) is 22.9 Å². The van der Waals surface area contributed by atoms with Gasteiger partial charge in [-0.3, -0.25) is 5.32 Å². The maximum absolute atomic E-state index is 10.5. The molecule has 0 amide bonds. The van der Waals surface area contributed by atoms with E-state index in [2.05, 4.69) is 5.32 Å². The highest BCUT2D eigenvalue weighted by Crippen LogP contribution is 2.38. The Hall–Kier alpha value is -1.75. The number of nitrogens with one attached hydrogen (secondary N) is 1. The van der Waals surface area contributed by atoms with Gasteiger partial charge in [-0.25, -0.2) is 0 Å². The molecule has 2 aromatic carbocycles. The maximum atomic E-state index is 10.5. The van der Waals surface area contributed by atoms with Crippen LogP contribution >= 0.6 is 11.6 Å². The average Bonchev–Trinajstić information content (AvgIpc) is 3.11. The molecule has 0 bridgehead atoms. The number of aromatic hydroxyl groups is 1. The third kappa shape index (κ3) is 4.01. The minimum Gasteiger partial charge on any atom is -0.504 e. The first-order valence-electron chi connectivity index (χ1n) is 8.18. The minimum absolute atomic E-state index is 0.0228. The van der Waals surface area contributed by atoms with Gasteiger partial charge < -0.3 is 14.6 Å². The van der Waals surface area contributed by atoms with E-state index in [1.54, 1.807) is 6.07 Å². The van der Waals surface area contributed by atoms with Crippen LogP contribution < -0.4 is 10.1 Å². The molecule has 5 heteroatoms. The standard InChI is InChI=1S/C19H22ClNO3/c1-13-10-16(23-11-14-6-3-2-4-7-14)19(22)15(18(13)20)12-24-17-8-5-9-21-17/h2-4,6-7,10,17,21-22H,5,8-9,11-12H2,1H3. The van der Waals surface area contributed by atoms with Gasteiger partial charge in [-0.05, 0) is 43.5 Å². The van der Waals surface area contributed by atoms with Crippen LogP contribution in [-0.2, 0) is 18.0 Å². The summed E-state index contributed by atoms with van der Waals surface area (Å²) in [5.41, 5.74) is 2.47. The van der Waals surface area contributed by atoms with Crippen LogP contribution in [0.2, 0.25) is 5.02 Å². The summed E-state index contributed by atoms with van der Waals surface area (Å²) in [6.07, 6.45) is 2.10. The summed E-state index contributed by atoms with van der Waals surface area (Å²) >= 11 is 6.36. The first kappa shape index (κ1) is 17.1. The zero-order valence-electron chi connectivity index (χ0n) is 13.7. The summed E-state index contributed by atoms with van der Waals surface area (Å²) in [6, 6.07) is 11.6. The third-order valence-electron chi connectivity index (χ3n) is 4.16. The molecule has 1 saturated heterocycles. The van der Waals surface area contributed by atoms with Gasteiger partial charge in [-0.15, -0.1) is 0 Å². The van der Waals surface area contributed by atoms with Gasteiger partial charge in [0.15, 0.2) is 11.5 Å². The Morgan fingerprint density at radius 3 is 2.75 bits per heavy atom. The monoisotopic (exact) mass is 347 g/mol. The van der Waals surface area contributed by atoms with Crippen LogP contribution in [0.3, 0.4) is 0 Å². The topological polar surface area (TPSA) is 50.7 Å². The average molecular weight is 348 g/mol. The van der Waals surface area contributed by atoms with Crippen molar-refractivity contribution in [3.8, 4) is 11.5 Å². The van der Waals surface area contributed by atoms with E-state index in [-0.39, 0.29) is 18.6 Å². The molecule has 2 aromatic rings. The van der Waals surface area contributed by atoms with Gasteiger partial charge in [-0.2, -0.15) is 0 Å². The summed E-state index contributed by atoms with van der Waals surface area (Å²) < 4.78 is 11.6. The van der Waals surface area contributed by atoms with E-state index in [4.69, 9.17) is 21.1 Å². The number of ether oxygens (including phenoxy) is 2. The summed E-state index contributed by atoms with van der Waals surface area (Å²) in [6.45, 7) is 3.50. The smallest absolute Gasteiger partial charge is 0.164 e. The Kier molecular flexibility index (Phi) is 5.61. The number of halogens is 1. The minimum atomic E-state index is 0.0228. The van der Waals surface area contributed by atoms with Crippen molar-refractivity contribution in [2.45, 2.75) is 39.2 Å². The van der Waals surface area contributed by atoms with Crippen LogP contribution in [0.1, 0.15) is 29.5 Å². The number of rotatable bonds is 6. The number of aryl methyl sites for hydroxylation is 1. The van der Waals surface area contributed by atoms with Crippen LogP contribution in [0.5, 0.6) is 11.5 Å². The van der Waals surface area contributed by atoms with Crippen LogP contribution in [0, 0.1) is 6.92 Å². The molecule has 0 radical (unpaired) electrons. The second kappa shape index (κ2) is 7.88. The molecule has 1 aliphatic rings. The van der Waals surface area contributed by atoms with Gasteiger partial charge in [0, 0.05) is 5.56 Å². The third-order valence-corrected chi connectivity index (χ3v) is 4.69. The predicted molar refractivity (Wildman–Crippen MR) is 94.4 cm³/mol. The zero-order valence-corrected chi connectivity index (χ0v) is 14.5. The molecule has 1 atom stereocenters. The van der Waals surface area contributed by atoms with Crippen LogP contribution in [-0.4, -0.2) is 17.9 Å². The quantitative estimate of drug-likeness (QED) is 0.823. The lowest BCUT2D eigenvalue weighted by Crippen LogP contribution is -2.24. The first-order chi connectivity index (χ1) is 11.6. The SMILES string of the molecule is Cc1cc(OCc2ccccc2)c(O)c(COC2CCCN2)c1Cl. The van der Waals surface area contributed by atoms with E-state index >= 15 is 0 Å². The molecule has 1 aliphatic heterocycles. The first-order valence-corrected chi connectivity index (χ1v) is 8.55. The number of benzene rings is 2.